The molecule has 56 heavy (non-hydrogen) atoms. The van der Waals surface area contributed by atoms with Crippen LogP contribution in [0.4, 0.5) is 0 Å². The van der Waals surface area contributed by atoms with E-state index in [4.69, 9.17) is 8.83 Å². The number of aldehydes is 1. The normalized spacial score (nSPS) is 12.6. The number of hydrogen-bond acceptors (Lipinski definition) is 3. The van der Waals surface area contributed by atoms with Crippen molar-refractivity contribution >= 4 is 101 Å². The second kappa shape index (κ2) is 12.6. The number of carbonyl (C=O) groups excluding carboxylic acids is 1. The third-order valence-electron chi connectivity index (χ3n) is 11.3. The lowest BCUT2D eigenvalue weighted by Crippen LogP contribution is -1.97. The predicted molar refractivity (Wildman–Crippen MR) is 235 cm³/mol. The average Bonchev–Trinajstić information content (AvgIpc) is 3.96. The van der Waals surface area contributed by atoms with Crippen LogP contribution in [0.15, 0.2) is 162 Å². The summed E-state index contributed by atoms with van der Waals surface area (Å²) < 4.78 is 17.7. The van der Waals surface area contributed by atoms with Gasteiger partial charge in [-0.05, 0) is 78.2 Å². The molecule has 0 aliphatic carbocycles. The quantitative estimate of drug-likeness (QED) is 0.0890. The van der Waals surface area contributed by atoms with Gasteiger partial charge in [-0.15, -0.1) is 0 Å². The first kappa shape index (κ1) is 33.2. The first-order chi connectivity index (χ1) is 27.5. The van der Waals surface area contributed by atoms with Crippen molar-refractivity contribution in [1.82, 2.24) is 9.13 Å². The number of aryl methyl sites for hydroxylation is 1. The van der Waals surface area contributed by atoms with Gasteiger partial charge in [0.2, 0.25) is 0 Å². The Morgan fingerprint density at radius 2 is 1.36 bits per heavy atom. The minimum atomic E-state index is 0.509. The van der Waals surface area contributed by atoms with Crippen LogP contribution in [0, 0.1) is 0 Å². The van der Waals surface area contributed by atoms with Crippen LogP contribution in [-0.2, 0) is 11.8 Å². The number of para-hydroxylation sites is 2. The fourth-order valence-electron chi connectivity index (χ4n) is 8.77. The number of fused-ring (bicyclic) bond motifs is 11. The van der Waals surface area contributed by atoms with E-state index in [0.29, 0.717) is 5.57 Å². The molecule has 5 nitrogen and oxygen atoms in total. The molecule has 0 N–H and O–H groups in total. The summed E-state index contributed by atoms with van der Waals surface area (Å²) in [4.78, 5) is 11.9. The Hall–Kier alpha value is -7.37. The van der Waals surface area contributed by atoms with Gasteiger partial charge in [-0.2, -0.15) is 0 Å². The topological polar surface area (TPSA) is 53.2 Å². The molecule has 0 saturated heterocycles. The lowest BCUT2D eigenvalue weighted by molar-refractivity contribution is -0.104. The van der Waals surface area contributed by atoms with Crippen molar-refractivity contribution in [2.24, 2.45) is 7.05 Å². The fraction of sp³-hybridized carbons (Fsp3) is 0.0392. The van der Waals surface area contributed by atoms with Gasteiger partial charge in [0.15, 0.2) is 11.9 Å². The third kappa shape index (κ3) is 4.64. The molecular weight excluding hydrogens is 689 g/mol. The molecule has 0 radical (unpaired) electrons. The van der Waals surface area contributed by atoms with Crippen LogP contribution in [0.25, 0.3) is 111 Å². The molecule has 0 aliphatic heterocycles. The number of carbonyl (C=O) groups is 1. The van der Waals surface area contributed by atoms with Crippen LogP contribution in [0.3, 0.4) is 0 Å². The Balaban J connectivity index is 1.13. The van der Waals surface area contributed by atoms with Gasteiger partial charge in [0, 0.05) is 73.0 Å². The maximum absolute atomic E-state index is 11.9. The number of nitrogens with zero attached hydrogens (tertiary/aromatic N) is 2. The molecule has 10 rings (SSSR count). The molecule has 0 fully saturated rings. The molecule has 0 amide bonds. The Morgan fingerprint density at radius 3 is 2.14 bits per heavy atom. The molecule has 0 unspecified atom stereocenters. The van der Waals surface area contributed by atoms with Gasteiger partial charge < -0.3 is 18.0 Å². The third-order valence-corrected chi connectivity index (χ3v) is 11.3. The van der Waals surface area contributed by atoms with Crippen LogP contribution in [0.1, 0.15) is 23.7 Å². The molecule has 4 aromatic heterocycles. The highest BCUT2D eigenvalue weighted by Crippen LogP contribution is 2.42. The first-order valence-electron chi connectivity index (χ1n) is 18.6. The molecule has 10 aromatic rings. The van der Waals surface area contributed by atoms with E-state index in [2.05, 4.69) is 127 Å². The van der Waals surface area contributed by atoms with E-state index in [1.807, 2.05) is 43.3 Å². The van der Waals surface area contributed by atoms with E-state index in [-0.39, 0.29) is 0 Å². The molecule has 0 aliphatic rings. The smallest absolute Gasteiger partial charge is 0.160 e. The highest BCUT2D eigenvalue weighted by atomic mass is 16.3. The maximum atomic E-state index is 11.9. The molecule has 4 heterocycles. The molecule has 0 atom stereocenters. The lowest BCUT2D eigenvalue weighted by atomic mass is 9.97. The van der Waals surface area contributed by atoms with E-state index in [0.717, 1.165) is 122 Å². The number of hydrogen-bond donors (Lipinski definition) is 0. The largest absolute Gasteiger partial charge is 0.456 e. The van der Waals surface area contributed by atoms with Crippen LogP contribution in [0.5, 0.6) is 0 Å². The van der Waals surface area contributed by atoms with Crippen molar-refractivity contribution < 1.29 is 13.6 Å². The standard InChI is InChI=1S/C51H36N2O3/c1-6-13-45-35(9-4)41-23-24-42-36-14-10-11-17-46(36)56-51(42)50(41)53(45)33-20-22-38-37-21-18-32(27-47(37)55-48(38)28-33)31-19-25-44-43(26-31)40-16-12-15-39(49(40)52(44)5)34(8-3)30(7-2)29-54/h6-29H,2-4H2,1,5H3/b13-6-,34-30-. The summed E-state index contributed by atoms with van der Waals surface area (Å²) in [5.41, 5.74) is 13.9. The molecule has 0 spiro atoms. The summed E-state index contributed by atoms with van der Waals surface area (Å²) >= 11 is 0. The van der Waals surface area contributed by atoms with Crippen LogP contribution < -0.4 is 0 Å². The van der Waals surface area contributed by atoms with Crippen molar-refractivity contribution in [3.05, 3.63) is 170 Å². The van der Waals surface area contributed by atoms with Crippen molar-refractivity contribution in [3.63, 3.8) is 0 Å². The summed E-state index contributed by atoms with van der Waals surface area (Å²) in [5, 5.41) is 7.57. The Morgan fingerprint density at radius 1 is 0.643 bits per heavy atom. The number of furan rings is 2. The Kier molecular flexibility index (Phi) is 7.48. The molecule has 5 heteroatoms. The predicted octanol–water partition coefficient (Wildman–Crippen LogP) is 13.7. The van der Waals surface area contributed by atoms with Crippen LogP contribution >= 0.6 is 0 Å². The summed E-state index contributed by atoms with van der Waals surface area (Å²) in [6.07, 6.45) is 10.3. The lowest BCUT2D eigenvalue weighted by Gasteiger charge is -2.10. The summed E-state index contributed by atoms with van der Waals surface area (Å²) in [6, 6.07) is 38.2. The zero-order valence-corrected chi connectivity index (χ0v) is 31.1. The van der Waals surface area contributed by atoms with Crippen molar-refractivity contribution in [1.29, 1.82) is 0 Å². The second-order valence-electron chi connectivity index (χ2n) is 14.2. The zero-order chi connectivity index (χ0) is 38.2. The van der Waals surface area contributed by atoms with Gasteiger partial charge in [0.1, 0.15) is 16.7 Å². The molecule has 0 saturated carbocycles. The molecule has 268 valence electrons. The van der Waals surface area contributed by atoms with E-state index < -0.39 is 0 Å². The maximum Gasteiger partial charge on any atom is 0.160 e. The minimum Gasteiger partial charge on any atom is -0.456 e. The number of aromatic nitrogens is 2. The van der Waals surface area contributed by atoms with Crippen molar-refractivity contribution in [2.45, 2.75) is 6.92 Å². The van der Waals surface area contributed by atoms with Gasteiger partial charge >= 0.3 is 0 Å². The first-order valence-corrected chi connectivity index (χ1v) is 18.6. The van der Waals surface area contributed by atoms with Gasteiger partial charge in [-0.1, -0.05) is 98.6 Å². The molecule has 6 aromatic carbocycles. The van der Waals surface area contributed by atoms with Gasteiger partial charge in [0.25, 0.3) is 0 Å². The van der Waals surface area contributed by atoms with Gasteiger partial charge in [-0.3, -0.25) is 4.79 Å². The van der Waals surface area contributed by atoms with Crippen LogP contribution in [-0.4, -0.2) is 15.4 Å². The second-order valence-corrected chi connectivity index (χ2v) is 14.2. The summed E-state index contributed by atoms with van der Waals surface area (Å²) in [5.74, 6) is 0. The number of rotatable bonds is 8. The zero-order valence-electron chi connectivity index (χ0n) is 31.1. The highest BCUT2D eigenvalue weighted by molar-refractivity contribution is 6.17. The van der Waals surface area contributed by atoms with E-state index in [9.17, 15) is 4.79 Å². The molecular formula is C51H36N2O3. The SMILES string of the molecule is C=C/C(C=O)=C(\C=C)c1cccc2c3cc(-c4ccc5c(c4)oc4cc(-n6c(/C=C\C)c(C=C)c7ccc8c9ccccc9oc8c76)ccc45)ccc3n(C)c12. The minimum absolute atomic E-state index is 0.509. The summed E-state index contributed by atoms with van der Waals surface area (Å²) in [7, 11) is 2.06. The Bertz CT molecular complexity index is 3400. The van der Waals surface area contributed by atoms with Crippen molar-refractivity contribution in [2.75, 3.05) is 0 Å². The molecule has 0 bridgehead atoms. The van der Waals surface area contributed by atoms with Gasteiger partial charge in [-0.25, -0.2) is 0 Å². The number of allylic oxidation sites excluding steroid dienone is 5. The average molecular weight is 725 g/mol. The number of benzene rings is 6. The summed E-state index contributed by atoms with van der Waals surface area (Å²) in [6.45, 7) is 14.1. The van der Waals surface area contributed by atoms with E-state index >= 15 is 0 Å². The van der Waals surface area contributed by atoms with Crippen LogP contribution in [0.2, 0.25) is 0 Å². The van der Waals surface area contributed by atoms with Crippen molar-refractivity contribution in [3.8, 4) is 16.8 Å². The van der Waals surface area contributed by atoms with Gasteiger partial charge in [0.05, 0.1) is 22.4 Å². The van der Waals surface area contributed by atoms with E-state index in [1.54, 1.807) is 12.2 Å². The fourth-order valence-corrected chi connectivity index (χ4v) is 8.77. The highest BCUT2D eigenvalue weighted by Gasteiger charge is 2.22. The van der Waals surface area contributed by atoms with E-state index in [1.165, 1.54) is 0 Å². The Labute approximate surface area is 322 Å². The monoisotopic (exact) mass is 724 g/mol.